The molecule has 316 valence electrons. The first-order chi connectivity index (χ1) is 25.8. The molecule has 0 spiro atoms. The molecule has 0 saturated heterocycles. The predicted molar refractivity (Wildman–Crippen MR) is 230 cm³/mol. The number of aliphatic hydroxyl groups excluding tert-OH is 1. The molecule has 0 aromatic carbocycles. The minimum Gasteiger partial charge on any atom is -0.387 e. The van der Waals surface area contributed by atoms with E-state index < -0.39 is 28.0 Å². The molecule has 0 aromatic rings. The van der Waals surface area contributed by atoms with E-state index in [0.717, 1.165) is 38.5 Å². The summed E-state index contributed by atoms with van der Waals surface area (Å²) >= 11 is 0. The summed E-state index contributed by atoms with van der Waals surface area (Å²) in [6.45, 7) is 4.55. The molecule has 0 rings (SSSR count). The van der Waals surface area contributed by atoms with Gasteiger partial charge in [0, 0.05) is 6.42 Å². The number of aliphatic hydroxyl groups is 1. The summed E-state index contributed by atoms with van der Waals surface area (Å²) in [4.78, 5) is 12.6. The van der Waals surface area contributed by atoms with Crippen molar-refractivity contribution in [1.29, 1.82) is 0 Å². The van der Waals surface area contributed by atoms with Crippen molar-refractivity contribution in [3.63, 3.8) is 0 Å². The quantitative estimate of drug-likeness (QED) is 0.0325. The van der Waals surface area contributed by atoms with Crippen LogP contribution in [0.1, 0.15) is 258 Å². The van der Waals surface area contributed by atoms with E-state index >= 15 is 0 Å². The molecular weight excluding hydrogens is 679 g/mol. The molecule has 0 heterocycles. The molecule has 0 saturated carbocycles. The average Bonchev–Trinajstić information content (AvgIpc) is 3.12. The molecule has 3 N–H and O–H groups in total. The number of carbonyl (C=O) groups excluding carboxylic acids is 1. The summed E-state index contributed by atoms with van der Waals surface area (Å²) in [6.07, 6.45) is 50.7. The van der Waals surface area contributed by atoms with Crippen molar-refractivity contribution in [2.45, 2.75) is 270 Å². The smallest absolute Gasteiger partial charge is 0.267 e. The van der Waals surface area contributed by atoms with Gasteiger partial charge in [-0.25, -0.2) is 0 Å². The van der Waals surface area contributed by atoms with Crippen LogP contribution in [0.25, 0.3) is 0 Å². The van der Waals surface area contributed by atoms with Gasteiger partial charge in [-0.05, 0) is 19.3 Å². The lowest BCUT2D eigenvalue weighted by Gasteiger charge is -2.21. The van der Waals surface area contributed by atoms with Gasteiger partial charge in [0.15, 0.2) is 0 Å². The first-order valence-electron chi connectivity index (χ1n) is 23.4. The number of carbonyl (C=O) groups is 1. The zero-order valence-corrected chi connectivity index (χ0v) is 36.2. The van der Waals surface area contributed by atoms with Gasteiger partial charge in [-0.15, -0.1) is 0 Å². The lowest BCUT2D eigenvalue weighted by Crippen LogP contribution is -2.46. The maximum absolute atomic E-state index is 12.6. The van der Waals surface area contributed by atoms with Crippen molar-refractivity contribution in [1.82, 2.24) is 5.32 Å². The van der Waals surface area contributed by atoms with Crippen LogP contribution in [0.5, 0.6) is 0 Å². The van der Waals surface area contributed by atoms with Crippen LogP contribution < -0.4 is 5.32 Å². The minimum absolute atomic E-state index is 0.272. The highest BCUT2D eigenvalue weighted by Gasteiger charge is 2.24. The Labute approximate surface area is 331 Å². The first-order valence-corrected chi connectivity index (χ1v) is 25.0. The number of hydrogen-bond acceptors (Lipinski definition) is 4. The zero-order chi connectivity index (χ0) is 38.9. The second-order valence-corrected chi connectivity index (χ2v) is 17.9. The fourth-order valence-corrected chi connectivity index (χ4v) is 8.19. The molecule has 0 aliphatic rings. The molecule has 6 nitrogen and oxygen atoms in total. The molecule has 2 atom stereocenters. The topological polar surface area (TPSA) is 104 Å². The van der Waals surface area contributed by atoms with Crippen LogP contribution in [0, 0.1) is 0 Å². The monoisotopic (exact) mass is 770 g/mol. The number of unbranched alkanes of at least 4 members (excludes halogenated alkanes) is 35. The molecule has 2 unspecified atom stereocenters. The van der Waals surface area contributed by atoms with Crippen LogP contribution in [0.3, 0.4) is 0 Å². The fraction of sp³-hybridized carbons (Fsp3) is 0.935. The second kappa shape index (κ2) is 40.7. The highest BCUT2D eigenvalue weighted by Crippen LogP contribution is 2.17. The first kappa shape index (κ1) is 52.1. The standard InChI is InChI=1S/C46H91NO5S/c1-3-5-7-9-11-13-15-17-19-21-22-23-24-25-26-28-30-32-34-36-38-40-42-46(49)47-44(43-53(50,51)52)45(48)41-39-37-35-33-31-29-27-20-18-16-14-12-10-8-6-4-2/h39,41,44-45,48H,3-38,40,42-43H2,1-2H3,(H,47,49)(H,50,51,52)/b41-39+. The van der Waals surface area contributed by atoms with Crippen molar-refractivity contribution in [2.24, 2.45) is 0 Å². The summed E-state index contributed by atoms with van der Waals surface area (Å²) in [7, 11) is -4.34. The number of hydrogen-bond donors (Lipinski definition) is 3. The molecule has 0 bridgehead atoms. The molecule has 7 heteroatoms. The average molecular weight is 770 g/mol. The van der Waals surface area contributed by atoms with Gasteiger partial charge in [-0.3, -0.25) is 9.35 Å². The lowest BCUT2D eigenvalue weighted by atomic mass is 10.0. The van der Waals surface area contributed by atoms with Crippen LogP contribution in [0.15, 0.2) is 12.2 Å². The molecule has 53 heavy (non-hydrogen) atoms. The number of allylic oxidation sites excluding steroid dienone is 1. The van der Waals surface area contributed by atoms with E-state index in [-0.39, 0.29) is 5.91 Å². The third-order valence-corrected chi connectivity index (χ3v) is 11.7. The van der Waals surface area contributed by atoms with Gasteiger partial charge in [0.25, 0.3) is 10.1 Å². The fourth-order valence-electron chi connectivity index (χ4n) is 7.45. The van der Waals surface area contributed by atoms with Gasteiger partial charge < -0.3 is 10.4 Å². The normalized spacial score (nSPS) is 13.2. The van der Waals surface area contributed by atoms with Crippen molar-refractivity contribution in [3.05, 3.63) is 12.2 Å². The van der Waals surface area contributed by atoms with Crippen LogP contribution >= 0.6 is 0 Å². The Balaban J connectivity index is 3.78. The Morgan fingerprint density at radius 3 is 1.08 bits per heavy atom. The second-order valence-electron chi connectivity index (χ2n) is 16.4. The Morgan fingerprint density at radius 2 is 0.774 bits per heavy atom. The van der Waals surface area contributed by atoms with E-state index in [2.05, 4.69) is 19.2 Å². The summed E-state index contributed by atoms with van der Waals surface area (Å²) in [5.41, 5.74) is 0. The number of nitrogens with one attached hydrogen (secondary N) is 1. The number of rotatable bonds is 43. The highest BCUT2D eigenvalue weighted by atomic mass is 32.2. The third-order valence-electron chi connectivity index (χ3n) is 11.0. The molecule has 0 radical (unpaired) electrons. The van der Waals surface area contributed by atoms with E-state index in [9.17, 15) is 22.9 Å². The molecular formula is C46H91NO5S. The molecule has 0 aliphatic carbocycles. The highest BCUT2D eigenvalue weighted by molar-refractivity contribution is 7.85. The number of amides is 1. The Kier molecular flexibility index (Phi) is 40.0. The van der Waals surface area contributed by atoms with Crippen LogP contribution in [-0.2, 0) is 14.9 Å². The van der Waals surface area contributed by atoms with E-state index in [4.69, 9.17) is 0 Å². The zero-order valence-electron chi connectivity index (χ0n) is 35.4. The third kappa shape index (κ3) is 42.1. The van der Waals surface area contributed by atoms with Gasteiger partial charge in [0.05, 0.1) is 17.9 Å². The SMILES string of the molecule is CCCCCCCCCCCCCCCC/C=C/C(O)C(CS(=O)(=O)O)NC(=O)CCCCCCCCCCCCCCCCCCCCCCCC. The predicted octanol–water partition coefficient (Wildman–Crippen LogP) is 14.1. The van der Waals surface area contributed by atoms with Crippen molar-refractivity contribution in [2.75, 3.05) is 5.75 Å². The van der Waals surface area contributed by atoms with Crippen molar-refractivity contribution < 1.29 is 22.9 Å². The van der Waals surface area contributed by atoms with Gasteiger partial charge in [0.2, 0.25) is 5.91 Å². The maximum atomic E-state index is 12.6. The van der Waals surface area contributed by atoms with E-state index in [1.165, 1.54) is 199 Å². The summed E-state index contributed by atoms with van der Waals surface area (Å²) in [5.74, 6) is -0.964. The van der Waals surface area contributed by atoms with E-state index in [1.807, 2.05) is 6.08 Å². The molecule has 0 aliphatic heterocycles. The molecule has 1 amide bonds. The van der Waals surface area contributed by atoms with Crippen LogP contribution in [-0.4, -0.2) is 41.9 Å². The summed E-state index contributed by atoms with van der Waals surface area (Å²) in [6, 6.07) is -1.05. The lowest BCUT2D eigenvalue weighted by molar-refractivity contribution is -0.122. The molecule has 0 fully saturated rings. The van der Waals surface area contributed by atoms with Crippen molar-refractivity contribution in [3.8, 4) is 0 Å². The summed E-state index contributed by atoms with van der Waals surface area (Å²) < 4.78 is 32.6. The van der Waals surface area contributed by atoms with Gasteiger partial charge >= 0.3 is 0 Å². The Bertz CT molecular complexity index is 892. The van der Waals surface area contributed by atoms with Gasteiger partial charge in [-0.2, -0.15) is 8.42 Å². The van der Waals surface area contributed by atoms with E-state index in [1.54, 1.807) is 6.08 Å². The summed E-state index contributed by atoms with van der Waals surface area (Å²) in [5, 5.41) is 13.3. The maximum Gasteiger partial charge on any atom is 0.267 e. The van der Waals surface area contributed by atoms with Gasteiger partial charge in [-0.1, -0.05) is 244 Å². The Hall–Kier alpha value is -0.920. The molecule has 0 aromatic heterocycles. The van der Waals surface area contributed by atoms with Crippen molar-refractivity contribution >= 4 is 16.0 Å². The largest absolute Gasteiger partial charge is 0.387 e. The minimum atomic E-state index is -4.34. The van der Waals surface area contributed by atoms with Crippen LogP contribution in [0.4, 0.5) is 0 Å². The van der Waals surface area contributed by atoms with Gasteiger partial charge in [0.1, 0.15) is 0 Å². The Morgan fingerprint density at radius 1 is 0.491 bits per heavy atom. The van der Waals surface area contributed by atoms with Crippen LogP contribution in [0.2, 0.25) is 0 Å². The van der Waals surface area contributed by atoms with E-state index in [0.29, 0.717) is 6.42 Å².